The lowest BCUT2D eigenvalue weighted by Crippen LogP contribution is -2.50. The van der Waals surface area contributed by atoms with Gasteiger partial charge in [0.1, 0.15) is 0 Å². The predicted octanol–water partition coefficient (Wildman–Crippen LogP) is 3.32. The Balaban J connectivity index is 0.00000220. The zero-order valence-corrected chi connectivity index (χ0v) is 15.5. The van der Waals surface area contributed by atoms with Gasteiger partial charge in [-0.25, -0.2) is 0 Å². The van der Waals surface area contributed by atoms with Crippen LogP contribution in [-0.4, -0.2) is 30.8 Å². The number of halogens is 2. The number of amides is 1. The van der Waals surface area contributed by atoms with Crippen molar-refractivity contribution in [3.8, 4) is 0 Å². The van der Waals surface area contributed by atoms with E-state index in [0.717, 1.165) is 17.6 Å². The van der Waals surface area contributed by atoms with Gasteiger partial charge in [-0.2, -0.15) is 0 Å². The molecule has 0 radical (unpaired) electrons. The van der Waals surface area contributed by atoms with Crippen LogP contribution < -0.4 is 10.6 Å². The second-order valence-electron chi connectivity index (χ2n) is 5.33. The molecule has 0 aliphatic carbocycles. The smallest absolute Gasteiger partial charge is 0.223 e. The minimum atomic E-state index is 0. The summed E-state index contributed by atoms with van der Waals surface area (Å²) in [7, 11) is 0. The minimum Gasteiger partial charge on any atom is -0.355 e. The summed E-state index contributed by atoms with van der Waals surface area (Å²) in [5, 5.41) is 6.64. The van der Waals surface area contributed by atoms with Crippen molar-refractivity contribution in [3.05, 3.63) is 28.7 Å². The number of rotatable bonds is 6. The summed E-state index contributed by atoms with van der Waals surface area (Å²) >= 11 is 5.22. The van der Waals surface area contributed by atoms with Crippen LogP contribution in [0.1, 0.15) is 13.8 Å². The number of hydrogen-bond acceptors (Lipinski definition) is 3. The van der Waals surface area contributed by atoms with Gasteiger partial charge in [-0.1, -0.05) is 29.8 Å². The lowest BCUT2D eigenvalue weighted by Gasteiger charge is -2.31. The van der Waals surface area contributed by atoms with Gasteiger partial charge in [-0.05, 0) is 43.3 Å². The number of carbonyl (C=O) groups is 1. The third-order valence-corrected chi connectivity index (χ3v) is 5.29. The highest BCUT2D eigenvalue weighted by Gasteiger charge is 2.28. The van der Waals surface area contributed by atoms with E-state index in [1.54, 1.807) is 11.8 Å². The minimum absolute atomic E-state index is 0. The SMILES string of the molecule is CC(CNC(=O)C(C)C1CNC1)Sc1ccc(Br)cc1.Cl. The summed E-state index contributed by atoms with van der Waals surface area (Å²) < 4.78 is 1.09. The van der Waals surface area contributed by atoms with Gasteiger partial charge < -0.3 is 10.6 Å². The molecule has 2 rings (SSSR count). The molecule has 6 heteroatoms. The fourth-order valence-corrected chi connectivity index (χ4v) is 3.26. The molecular formula is C15H22BrClN2OS. The van der Waals surface area contributed by atoms with Crippen LogP contribution in [0, 0.1) is 11.8 Å². The molecule has 0 saturated carbocycles. The van der Waals surface area contributed by atoms with E-state index < -0.39 is 0 Å². The van der Waals surface area contributed by atoms with Crippen molar-refractivity contribution in [2.45, 2.75) is 24.0 Å². The third-order valence-electron chi connectivity index (χ3n) is 3.65. The maximum absolute atomic E-state index is 12.0. The molecule has 1 amide bonds. The number of hydrogen-bond donors (Lipinski definition) is 2. The molecule has 0 bridgehead atoms. The van der Waals surface area contributed by atoms with E-state index in [0.29, 0.717) is 17.7 Å². The normalized spacial score (nSPS) is 17.3. The number of thioether (sulfide) groups is 1. The molecule has 0 spiro atoms. The lowest BCUT2D eigenvalue weighted by molar-refractivity contribution is -0.126. The molecular weight excluding hydrogens is 372 g/mol. The van der Waals surface area contributed by atoms with Crippen LogP contribution in [0.4, 0.5) is 0 Å². The lowest BCUT2D eigenvalue weighted by atomic mass is 9.88. The average molecular weight is 394 g/mol. The average Bonchev–Trinajstić information content (AvgIpc) is 2.36. The highest BCUT2D eigenvalue weighted by atomic mass is 79.9. The molecule has 2 N–H and O–H groups in total. The molecule has 1 aromatic rings. The monoisotopic (exact) mass is 392 g/mol. The van der Waals surface area contributed by atoms with Gasteiger partial charge in [-0.15, -0.1) is 24.2 Å². The van der Waals surface area contributed by atoms with Crippen LogP contribution in [0.5, 0.6) is 0 Å². The molecule has 1 aliphatic rings. The fraction of sp³-hybridized carbons (Fsp3) is 0.533. The van der Waals surface area contributed by atoms with E-state index >= 15 is 0 Å². The maximum Gasteiger partial charge on any atom is 0.223 e. The maximum atomic E-state index is 12.0. The summed E-state index contributed by atoms with van der Waals surface area (Å²) in [6.45, 7) is 6.82. The summed E-state index contributed by atoms with van der Waals surface area (Å²) in [6, 6.07) is 8.27. The zero-order chi connectivity index (χ0) is 14.5. The van der Waals surface area contributed by atoms with Gasteiger partial charge in [0.25, 0.3) is 0 Å². The van der Waals surface area contributed by atoms with Crippen LogP contribution in [0.15, 0.2) is 33.6 Å². The Morgan fingerprint density at radius 3 is 2.52 bits per heavy atom. The molecule has 1 heterocycles. The van der Waals surface area contributed by atoms with Crippen molar-refractivity contribution in [1.82, 2.24) is 10.6 Å². The Hall–Kier alpha value is -0.230. The highest BCUT2D eigenvalue weighted by molar-refractivity contribution is 9.10. The Morgan fingerprint density at radius 2 is 2.00 bits per heavy atom. The van der Waals surface area contributed by atoms with Crippen LogP contribution in [0.25, 0.3) is 0 Å². The standard InChI is InChI=1S/C15H21BrN2OS.ClH/c1-10(20-14-5-3-13(16)4-6-14)7-18-15(19)11(2)12-8-17-9-12;/h3-6,10-12,17H,7-9H2,1-2H3,(H,18,19);1H. The number of benzene rings is 1. The Bertz CT molecular complexity index is 453. The summed E-state index contributed by atoms with van der Waals surface area (Å²) in [5.41, 5.74) is 0. The Morgan fingerprint density at radius 1 is 1.38 bits per heavy atom. The Labute approximate surface area is 145 Å². The zero-order valence-electron chi connectivity index (χ0n) is 12.3. The van der Waals surface area contributed by atoms with E-state index in [2.05, 4.69) is 45.6 Å². The van der Waals surface area contributed by atoms with Crippen molar-refractivity contribution in [2.75, 3.05) is 19.6 Å². The van der Waals surface area contributed by atoms with E-state index in [4.69, 9.17) is 0 Å². The van der Waals surface area contributed by atoms with E-state index in [-0.39, 0.29) is 24.2 Å². The van der Waals surface area contributed by atoms with Crippen molar-refractivity contribution in [2.24, 2.45) is 11.8 Å². The predicted molar refractivity (Wildman–Crippen MR) is 95.2 cm³/mol. The first-order valence-electron chi connectivity index (χ1n) is 6.97. The molecule has 2 unspecified atom stereocenters. The first-order chi connectivity index (χ1) is 9.56. The number of nitrogens with one attached hydrogen (secondary N) is 2. The largest absolute Gasteiger partial charge is 0.355 e. The third kappa shape index (κ3) is 5.81. The van der Waals surface area contributed by atoms with Crippen molar-refractivity contribution in [1.29, 1.82) is 0 Å². The van der Waals surface area contributed by atoms with Crippen LogP contribution >= 0.6 is 40.1 Å². The highest BCUT2D eigenvalue weighted by Crippen LogP contribution is 2.24. The van der Waals surface area contributed by atoms with Crippen molar-refractivity contribution in [3.63, 3.8) is 0 Å². The van der Waals surface area contributed by atoms with Gasteiger partial charge in [0.05, 0.1) is 0 Å². The quantitative estimate of drug-likeness (QED) is 0.728. The molecule has 3 nitrogen and oxygen atoms in total. The van der Waals surface area contributed by atoms with Crippen molar-refractivity contribution >= 4 is 46.0 Å². The molecule has 2 atom stereocenters. The summed E-state index contributed by atoms with van der Waals surface area (Å²) in [5.74, 6) is 0.797. The Kier molecular flexibility index (Phi) is 8.09. The van der Waals surface area contributed by atoms with Crippen molar-refractivity contribution < 1.29 is 4.79 Å². The summed E-state index contributed by atoms with van der Waals surface area (Å²) in [6.07, 6.45) is 0. The molecule has 21 heavy (non-hydrogen) atoms. The van der Waals surface area contributed by atoms with Gasteiger partial charge >= 0.3 is 0 Å². The second-order valence-corrected chi connectivity index (χ2v) is 7.76. The van der Waals surface area contributed by atoms with Gasteiger partial charge in [-0.3, -0.25) is 4.79 Å². The molecule has 1 fully saturated rings. The first kappa shape index (κ1) is 18.8. The second kappa shape index (κ2) is 9.03. The van der Waals surface area contributed by atoms with E-state index in [9.17, 15) is 4.79 Å². The van der Waals surface area contributed by atoms with Crippen LogP contribution in [0.3, 0.4) is 0 Å². The molecule has 0 aromatic heterocycles. The topological polar surface area (TPSA) is 41.1 Å². The molecule has 1 saturated heterocycles. The molecule has 1 aromatic carbocycles. The number of carbonyl (C=O) groups excluding carboxylic acids is 1. The van der Waals surface area contributed by atoms with Gasteiger partial charge in [0.15, 0.2) is 0 Å². The fourth-order valence-electron chi connectivity index (χ4n) is 2.07. The van der Waals surface area contributed by atoms with Gasteiger partial charge in [0, 0.05) is 27.1 Å². The summed E-state index contributed by atoms with van der Waals surface area (Å²) in [4.78, 5) is 13.3. The van der Waals surface area contributed by atoms with E-state index in [1.807, 2.05) is 19.1 Å². The van der Waals surface area contributed by atoms with E-state index in [1.165, 1.54) is 4.90 Å². The first-order valence-corrected chi connectivity index (χ1v) is 8.64. The van der Waals surface area contributed by atoms with Crippen LogP contribution in [-0.2, 0) is 4.79 Å². The van der Waals surface area contributed by atoms with Crippen LogP contribution in [0.2, 0.25) is 0 Å². The molecule has 118 valence electrons. The molecule has 1 aliphatic heterocycles. The van der Waals surface area contributed by atoms with Gasteiger partial charge in [0.2, 0.25) is 5.91 Å².